The van der Waals surface area contributed by atoms with Crippen LogP contribution >= 0.6 is 0 Å². The van der Waals surface area contributed by atoms with Gasteiger partial charge in [0.2, 0.25) is 0 Å². The van der Waals surface area contributed by atoms with Crippen molar-refractivity contribution in [3.8, 4) is 17.3 Å². The number of amides is 2. The molecule has 3 heterocycles. The number of benzene rings is 2. The van der Waals surface area contributed by atoms with Crippen molar-refractivity contribution in [3.05, 3.63) is 53.7 Å². The molecule has 2 aromatic heterocycles. The van der Waals surface area contributed by atoms with E-state index in [1.165, 1.54) is 23.8 Å². The number of aromatic carboxylic acids is 1. The number of fused-ring (bicyclic) bond motifs is 1. The van der Waals surface area contributed by atoms with Crippen LogP contribution in [-0.4, -0.2) is 79.6 Å². The third-order valence-electron chi connectivity index (χ3n) is 6.35. The number of carboxylic acids is 1. The van der Waals surface area contributed by atoms with Gasteiger partial charge in [-0.1, -0.05) is 6.07 Å². The Morgan fingerprint density at radius 1 is 1.15 bits per heavy atom. The number of hydrogen-bond donors (Lipinski definition) is 7. The molecule has 39 heavy (non-hydrogen) atoms. The number of carboxylic acid groups (broad SMARTS) is 1. The Hall–Kier alpha value is -4.62. The Morgan fingerprint density at radius 2 is 1.95 bits per heavy atom. The third kappa shape index (κ3) is 6.64. The number of carbonyl (C=O) groups is 2. The molecule has 13 heteroatoms. The van der Waals surface area contributed by atoms with Crippen molar-refractivity contribution in [1.29, 1.82) is 0 Å². The monoisotopic (exact) mass is 534 g/mol. The van der Waals surface area contributed by atoms with E-state index in [0.717, 1.165) is 56.7 Å². The van der Waals surface area contributed by atoms with Gasteiger partial charge in [-0.2, -0.15) is 5.10 Å². The number of anilines is 2. The van der Waals surface area contributed by atoms with Crippen LogP contribution in [0.25, 0.3) is 22.6 Å². The van der Waals surface area contributed by atoms with Crippen molar-refractivity contribution in [2.24, 2.45) is 0 Å². The molecular formula is C26H30N8O5. The fourth-order valence-corrected chi connectivity index (χ4v) is 4.15. The van der Waals surface area contributed by atoms with Crippen molar-refractivity contribution in [3.63, 3.8) is 0 Å². The van der Waals surface area contributed by atoms with Gasteiger partial charge in [0.1, 0.15) is 17.0 Å². The van der Waals surface area contributed by atoms with Crippen LogP contribution in [0.15, 0.2) is 42.6 Å². The van der Waals surface area contributed by atoms with Crippen molar-refractivity contribution in [2.45, 2.75) is 25.4 Å². The Balaban J connectivity index is 0.000000237. The number of imidazole rings is 1. The number of aromatic hydroxyl groups is 1. The van der Waals surface area contributed by atoms with E-state index in [1.54, 1.807) is 6.20 Å². The summed E-state index contributed by atoms with van der Waals surface area (Å²) in [6.45, 7) is 4.39. The van der Waals surface area contributed by atoms with Gasteiger partial charge in [0.05, 0.1) is 36.1 Å². The van der Waals surface area contributed by atoms with Crippen molar-refractivity contribution < 1.29 is 24.5 Å². The number of rotatable bonds is 6. The van der Waals surface area contributed by atoms with Crippen molar-refractivity contribution in [2.75, 3.05) is 37.4 Å². The van der Waals surface area contributed by atoms with Crippen molar-refractivity contribution >= 4 is 34.4 Å². The Labute approximate surface area is 223 Å². The number of urea groups is 1. The molecule has 0 spiro atoms. The first-order chi connectivity index (χ1) is 18.9. The molecule has 0 atom stereocenters. The summed E-state index contributed by atoms with van der Waals surface area (Å²) in [6.07, 6.45) is 3.68. The van der Waals surface area contributed by atoms with Gasteiger partial charge in [0.25, 0.3) is 0 Å². The SMILES string of the molecule is Nc1ccc(C(=O)O)c(O)c1.O=C(Nc1cn[nH]c1-c1nc2ccc(CN3CCOCC3)cc2[nH]1)NC1CC1. The van der Waals surface area contributed by atoms with Gasteiger partial charge in [-0.3, -0.25) is 10.00 Å². The highest BCUT2D eigenvalue weighted by atomic mass is 16.5. The minimum absolute atomic E-state index is 0.140. The highest BCUT2D eigenvalue weighted by molar-refractivity contribution is 5.94. The van der Waals surface area contributed by atoms with Crippen LogP contribution in [-0.2, 0) is 11.3 Å². The first-order valence-corrected chi connectivity index (χ1v) is 12.6. The number of hydrogen-bond acceptors (Lipinski definition) is 8. The Bertz CT molecular complexity index is 1470. The summed E-state index contributed by atoms with van der Waals surface area (Å²) in [5.74, 6) is -0.822. The maximum Gasteiger partial charge on any atom is 0.339 e. The lowest BCUT2D eigenvalue weighted by molar-refractivity contribution is 0.0342. The minimum atomic E-state index is -1.16. The summed E-state index contributed by atoms with van der Waals surface area (Å²) in [7, 11) is 0. The lowest BCUT2D eigenvalue weighted by Crippen LogP contribution is -2.35. The Morgan fingerprint density at radius 3 is 2.67 bits per heavy atom. The van der Waals surface area contributed by atoms with E-state index in [9.17, 15) is 9.59 Å². The predicted octanol–water partition coefficient (Wildman–Crippen LogP) is 2.74. The number of ether oxygens (including phenoxy) is 1. The summed E-state index contributed by atoms with van der Waals surface area (Å²) in [6, 6.07) is 10.2. The van der Waals surface area contributed by atoms with Crippen LogP contribution in [0.3, 0.4) is 0 Å². The zero-order valence-corrected chi connectivity index (χ0v) is 21.1. The highest BCUT2D eigenvalue weighted by Gasteiger charge is 2.24. The van der Waals surface area contributed by atoms with E-state index in [2.05, 4.69) is 47.8 Å². The molecule has 4 aromatic rings. The molecule has 8 N–H and O–H groups in total. The van der Waals surface area contributed by atoms with E-state index >= 15 is 0 Å². The number of morpholine rings is 1. The number of H-pyrrole nitrogens is 2. The molecule has 1 saturated carbocycles. The summed E-state index contributed by atoms with van der Waals surface area (Å²) in [4.78, 5) is 32.8. The van der Waals surface area contributed by atoms with Crippen molar-refractivity contribution in [1.82, 2.24) is 30.4 Å². The van der Waals surface area contributed by atoms with Gasteiger partial charge in [-0.05, 0) is 42.7 Å². The first-order valence-electron chi connectivity index (χ1n) is 12.6. The number of phenols is 1. The maximum atomic E-state index is 12.0. The van der Waals surface area contributed by atoms with Crippen LogP contribution in [0.2, 0.25) is 0 Å². The average molecular weight is 535 g/mol. The van der Waals surface area contributed by atoms with E-state index in [-0.39, 0.29) is 17.3 Å². The number of aromatic nitrogens is 4. The average Bonchev–Trinajstić information content (AvgIpc) is 3.42. The second kappa shape index (κ2) is 11.4. The number of nitrogen functional groups attached to an aromatic ring is 1. The Kier molecular flexibility index (Phi) is 7.61. The number of nitrogens with one attached hydrogen (secondary N) is 4. The normalized spacial score (nSPS) is 15.4. The van der Waals surface area contributed by atoms with E-state index < -0.39 is 5.97 Å². The topological polar surface area (TPSA) is 195 Å². The predicted molar refractivity (Wildman–Crippen MR) is 144 cm³/mol. The number of nitrogens with two attached hydrogens (primary N) is 1. The molecule has 2 aromatic carbocycles. The van der Waals surface area contributed by atoms with Crippen LogP contribution < -0.4 is 16.4 Å². The molecule has 6 rings (SSSR count). The zero-order chi connectivity index (χ0) is 27.4. The van der Waals surface area contributed by atoms with E-state index in [1.807, 2.05) is 6.07 Å². The molecule has 0 radical (unpaired) electrons. The molecule has 13 nitrogen and oxygen atoms in total. The molecule has 204 valence electrons. The standard InChI is InChI=1S/C19H23N7O2.C7H7NO3/c27-19(21-13-2-3-13)24-16-10-20-25-17(16)18-22-14-4-1-12(9-15(14)23-18)11-26-5-7-28-8-6-26;8-4-1-2-5(7(10)11)6(9)3-4/h1,4,9-10,13H,2-3,5-8,11H2,(H,20,25)(H,22,23)(H2,21,24,27);1-3,9H,8H2,(H,10,11). The summed E-state index contributed by atoms with van der Waals surface area (Å²) < 4.78 is 5.41. The van der Waals surface area contributed by atoms with Gasteiger partial charge >= 0.3 is 12.0 Å². The van der Waals surface area contributed by atoms with E-state index in [0.29, 0.717) is 28.9 Å². The molecule has 2 fully saturated rings. The number of nitrogens with zero attached hydrogens (tertiary/aromatic N) is 3. The minimum Gasteiger partial charge on any atom is -0.507 e. The van der Waals surface area contributed by atoms with Gasteiger partial charge < -0.3 is 36.3 Å². The lowest BCUT2D eigenvalue weighted by Gasteiger charge is -2.26. The summed E-state index contributed by atoms with van der Waals surface area (Å²) >= 11 is 0. The first kappa shape index (κ1) is 26.0. The quantitative estimate of drug-likeness (QED) is 0.182. The fourth-order valence-electron chi connectivity index (χ4n) is 4.15. The third-order valence-corrected chi connectivity index (χ3v) is 6.35. The largest absolute Gasteiger partial charge is 0.507 e. The lowest BCUT2D eigenvalue weighted by atomic mass is 10.2. The van der Waals surface area contributed by atoms with Gasteiger partial charge in [-0.25, -0.2) is 14.6 Å². The summed E-state index contributed by atoms with van der Waals surface area (Å²) in [5, 5.41) is 30.2. The van der Waals surface area contributed by atoms with Gasteiger partial charge in [0, 0.05) is 37.4 Å². The van der Waals surface area contributed by atoms with Crippen LogP contribution in [0, 0.1) is 0 Å². The molecule has 0 bridgehead atoms. The molecule has 2 aliphatic rings. The number of carbonyl (C=O) groups excluding carboxylic acids is 1. The van der Waals surface area contributed by atoms with Crippen LogP contribution in [0.5, 0.6) is 5.75 Å². The second-order valence-corrected chi connectivity index (χ2v) is 9.44. The molecule has 1 saturated heterocycles. The molecule has 2 amide bonds. The molecular weight excluding hydrogens is 504 g/mol. The van der Waals surface area contributed by atoms with Crippen LogP contribution in [0.4, 0.5) is 16.2 Å². The maximum absolute atomic E-state index is 12.0. The molecule has 1 aliphatic heterocycles. The zero-order valence-electron chi connectivity index (χ0n) is 21.1. The van der Waals surface area contributed by atoms with Gasteiger partial charge in [0.15, 0.2) is 5.82 Å². The number of aromatic amines is 2. The van der Waals surface area contributed by atoms with E-state index in [4.69, 9.17) is 20.7 Å². The van der Waals surface area contributed by atoms with Crippen LogP contribution in [0.1, 0.15) is 28.8 Å². The fraction of sp³-hybridized carbons (Fsp3) is 0.308. The highest BCUT2D eigenvalue weighted by Crippen LogP contribution is 2.26. The smallest absolute Gasteiger partial charge is 0.339 e. The summed E-state index contributed by atoms with van der Waals surface area (Å²) in [5.41, 5.74) is 9.81. The van der Waals surface area contributed by atoms with Gasteiger partial charge in [-0.15, -0.1) is 0 Å². The molecule has 0 unspecified atom stereocenters. The molecule has 1 aliphatic carbocycles. The second-order valence-electron chi connectivity index (χ2n) is 9.44.